The minimum Gasteiger partial charge on any atom is -0.497 e. The Morgan fingerprint density at radius 1 is 1.00 bits per heavy atom. The fourth-order valence-corrected chi connectivity index (χ4v) is 2.30. The molecule has 0 aliphatic heterocycles. The Morgan fingerprint density at radius 3 is 2.33 bits per heavy atom. The number of ether oxygens (including phenoxy) is 3. The molecular weight excluding hydrogens is 350 g/mol. The van der Waals surface area contributed by atoms with Crippen molar-refractivity contribution in [2.24, 2.45) is 0 Å². The van der Waals surface area contributed by atoms with Crippen molar-refractivity contribution in [1.82, 2.24) is 5.32 Å². The lowest BCUT2D eigenvalue weighted by atomic mass is 10.1. The van der Waals surface area contributed by atoms with Gasteiger partial charge in [-0.05, 0) is 31.2 Å². The molecule has 27 heavy (non-hydrogen) atoms. The molecule has 0 saturated carbocycles. The second kappa shape index (κ2) is 9.38. The summed E-state index contributed by atoms with van der Waals surface area (Å²) in [4.78, 5) is 36.4. The molecule has 1 unspecified atom stereocenters. The molecule has 2 aromatic rings. The van der Waals surface area contributed by atoms with Crippen molar-refractivity contribution < 1.29 is 28.6 Å². The molecule has 0 spiro atoms. The van der Waals surface area contributed by atoms with Gasteiger partial charge in [-0.3, -0.25) is 9.59 Å². The lowest BCUT2D eigenvalue weighted by Gasteiger charge is -2.14. The molecule has 0 fully saturated rings. The Kier molecular flexibility index (Phi) is 6.93. The monoisotopic (exact) mass is 371 g/mol. The van der Waals surface area contributed by atoms with Crippen LogP contribution in [0, 0.1) is 0 Å². The Labute approximate surface area is 157 Å². The quantitative estimate of drug-likeness (QED) is 0.565. The fraction of sp³-hybridized carbons (Fsp3) is 0.250. The fourth-order valence-electron chi connectivity index (χ4n) is 2.30. The highest BCUT2D eigenvalue weighted by molar-refractivity contribution is 6.01. The zero-order valence-corrected chi connectivity index (χ0v) is 15.4. The first-order chi connectivity index (χ1) is 13.0. The number of carbonyl (C=O) groups excluding carboxylic acids is 3. The number of hydrogen-bond acceptors (Lipinski definition) is 6. The second-order valence-corrected chi connectivity index (χ2v) is 5.66. The van der Waals surface area contributed by atoms with Crippen LogP contribution in [0.25, 0.3) is 0 Å². The van der Waals surface area contributed by atoms with Crippen LogP contribution in [0.2, 0.25) is 0 Å². The maximum absolute atomic E-state index is 12.3. The van der Waals surface area contributed by atoms with Crippen LogP contribution in [0.4, 0.5) is 0 Å². The van der Waals surface area contributed by atoms with E-state index in [9.17, 15) is 14.4 Å². The zero-order chi connectivity index (χ0) is 19.8. The van der Waals surface area contributed by atoms with Gasteiger partial charge in [0.25, 0.3) is 5.91 Å². The van der Waals surface area contributed by atoms with Gasteiger partial charge in [-0.1, -0.05) is 18.2 Å². The average Bonchev–Trinajstić information content (AvgIpc) is 2.71. The predicted octanol–water partition coefficient (Wildman–Crippen LogP) is 2.25. The van der Waals surface area contributed by atoms with Gasteiger partial charge in [0, 0.05) is 11.6 Å². The Bertz CT molecular complexity index is 818. The molecule has 0 radical (unpaired) electrons. The summed E-state index contributed by atoms with van der Waals surface area (Å²) in [6.07, 6.45) is 0. The van der Waals surface area contributed by atoms with E-state index in [1.165, 1.54) is 27.2 Å². The third-order valence-corrected chi connectivity index (χ3v) is 3.79. The predicted molar refractivity (Wildman–Crippen MR) is 98.2 cm³/mol. The van der Waals surface area contributed by atoms with E-state index in [-0.39, 0.29) is 5.56 Å². The lowest BCUT2D eigenvalue weighted by molar-refractivity contribution is -0.144. The van der Waals surface area contributed by atoms with Crippen LogP contribution in [0.15, 0.2) is 48.5 Å². The summed E-state index contributed by atoms with van der Waals surface area (Å²) in [5.74, 6) is -0.675. The topological polar surface area (TPSA) is 90.9 Å². The number of Topliss-reactive ketones (excluding diaryl/α,β-unsaturated/α-hetero) is 1. The van der Waals surface area contributed by atoms with Crippen LogP contribution in [0.5, 0.6) is 11.5 Å². The summed E-state index contributed by atoms with van der Waals surface area (Å²) in [7, 11) is 2.93. The van der Waals surface area contributed by atoms with Gasteiger partial charge >= 0.3 is 5.97 Å². The average molecular weight is 371 g/mol. The van der Waals surface area contributed by atoms with Crippen LogP contribution in [0.3, 0.4) is 0 Å². The SMILES string of the molecule is COc1ccc(C(=O)COC(=O)C(C)NC(=O)c2ccccc2)c(OC)c1. The Balaban J connectivity index is 1.92. The standard InChI is InChI=1S/C20H21NO6/c1-13(21-19(23)14-7-5-4-6-8-14)20(24)27-12-17(22)16-10-9-15(25-2)11-18(16)26-3/h4-11,13H,12H2,1-3H3,(H,21,23). The van der Waals surface area contributed by atoms with Gasteiger partial charge in [0.1, 0.15) is 17.5 Å². The normalized spacial score (nSPS) is 11.2. The summed E-state index contributed by atoms with van der Waals surface area (Å²) in [6, 6.07) is 12.3. The van der Waals surface area contributed by atoms with E-state index in [4.69, 9.17) is 14.2 Å². The molecule has 1 atom stereocenters. The molecule has 0 aliphatic rings. The minimum atomic E-state index is -0.900. The van der Waals surface area contributed by atoms with Gasteiger partial charge < -0.3 is 19.5 Å². The molecule has 1 amide bonds. The van der Waals surface area contributed by atoms with Crippen molar-refractivity contribution in [2.75, 3.05) is 20.8 Å². The molecule has 2 rings (SSSR count). The van der Waals surface area contributed by atoms with Gasteiger partial charge in [-0.25, -0.2) is 4.79 Å². The first-order valence-corrected chi connectivity index (χ1v) is 8.24. The maximum atomic E-state index is 12.3. The van der Waals surface area contributed by atoms with Gasteiger partial charge in [0.15, 0.2) is 6.61 Å². The number of esters is 1. The third kappa shape index (κ3) is 5.31. The number of rotatable bonds is 8. The van der Waals surface area contributed by atoms with Crippen LogP contribution >= 0.6 is 0 Å². The van der Waals surface area contributed by atoms with E-state index in [0.717, 1.165) is 0 Å². The van der Waals surface area contributed by atoms with Crippen LogP contribution in [-0.2, 0) is 9.53 Å². The highest BCUT2D eigenvalue weighted by atomic mass is 16.5. The third-order valence-electron chi connectivity index (χ3n) is 3.79. The molecule has 0 aliphatic carbocycles. The highest BCUT2D eigenvalue weighted by Gasteiger charge is 2.20. The number of ketones is 1. The summed E-state index contributed by atoms with van der Waals surface area (Å²) in [6.45, 7) is 1.02. The largest absolute Gasteiger partial charge is 0.497 e. The van der Waals surface area contributed by atoms with Crippen molar-refractivity contribution in [3.63, 3.8) is 0 Å². The van der Waals surface area contributed by atoms with Crippen LogP contribution < -0.4 is 14.8 Å². The molecule has 0 heterocycles. The first kappa shape index (κ1) is 20.0. The highest BCUT2D eigenvalue weighted by Crippen LogP contribution is 2.25. The van der Waals surface area contributed by atoms with Gasteiger partial charge in [-0.15, -0.1) is 0 Å². The Morgan fingerprint density at radius 2 is 1.70 bits per heavy atom. The van der Waals surface area contributed by atoms with Gasteiger partial charge in [0.05, 0.1) is 19.8 Å². The molecule has 7 nitrogen and oxygen atoms in total. The summed E-state index contributed by atoms with van der Waals surface area (Å²) in [5.41, 5.74) is 0.697. The number of hydrogen-bond donors (Lipinski definition) is 1. The second-order valence-electron chi connectivity index (χ2n) is 5.66. The van der Waals surface area contributed by atoms with E-state index >= 15 is 0 Å². The lowest BCUT2D eigenvalue weighted by Crippen LogP contribution is -2.40. The van der Waals surface area contributed by atoms with E-state index in [0.29, 0.717) is 17.1 Å². The Hall–Kier alpha value is -3.35. The molecule has 0 aromatic heterocycles. The number of amides is 1. The molecule has 0 saturated heterocycles. The number of carbonyl (C=O) groups is 3. The van der Waals surface area contributed by atoms with E-state index < -0.39 is 30.3 Å². The van der Waals surface area contributed by atoms with E-state index in [1.54, 1.807) is 42.5 Å². The zero-order valence-electron chi connectivity index (χ0n) is 15.4. The molecular formula is C20H21NO6. The van der Waals surface area contributed by atoms with Crippen molar-refractivity contribution in [3.8, 4) is 11.5 Å². The molecule has 2 aromatic carbocycles. The van der Waals surface area contributed by atoms with Crippen LogP contribution in [0.1, 0.15) is 27.6 Å². The van der Waals surface area contributed by atoms with Gasteiger partial charge in [0.2, 0.25) is 5.78 Å². The van der Waals surface area contributed by atoms with Crippen molar-refractivity contribution in [2.45, 2.75) is 13.0 Å². The summed E-state index contributed by atoms with van der Waals surface area (Å²) >= 11 is 0. The van der Waals surface area contributed by atoms with Crippen molar-refractivity contribution in [3.05, 3.63) is 59.7 Å². The number of methoxy groups -OCH3 is 2. The molecule has 7 heteroatoms. The van der Waals surface area contributed by atoms with Gasteiger partial charge in [-0.2, -0.15) is 0 Å². The first-order valence-electron chi connectivity index (χ1n) is 8.24. The summed E-state index contributed by atoms with van der Waals surface area (Å²) in [5, 5.41) is 2.53. The minimum absolute atomic E-state index is 0.270. The van der Waals surface area contributed by atoms with Crippen molar-refractivity contribution >= 4 is 17.7 Å². The molecule has 0 bridgehead atoms. The number of benzene rings is 2. The molecule has 142 valence electrons. The number of nitrogens with one attached hydrogen (secondary N) is 1. The van der Waals surface area contributed by atoms with Crippen molar-refractivity contribution in [1.29, 1.82) is 0 Å². The van der Waals surface area contributed by atoms with E-state index in [2.05, 4.69) is 5.32 Å². The molecule has 1 N–H and O–H groups in total. The van der Waals surface area contributed by atoms with Crippen LogP contribution in [-0.4, -0.2) is 44.5 Å². The summed E-state index contributed by atoms with van der Waals surface area (Å²) < 4.78 is 15.3. The van der Waals surface area contributed by atoms with E-state index in [1.807, 2.05) is 0 Å². The smallest absolute Gasteiger partial charge is 0.328 e. The maximum Gasteiger partial charge on any atom is 0.328 e.